The predicted octanol–water partition coefficient (Wildman–Crippen LogP) is 3.41. The van der Waals surface area contributed by atoms with Crippen LogP contribution in [0.3, 0.4) is 0 Å². The summed E-state index contributed by atoms with van der Waals surface area (Å²) in [6.45, 7) is 1.50. The molecule has 1 heterocycles. The first kappa shape index (κ1) is 21.9. The van der Waals surface area contributed by atoms with E-state index in [4.69, 9.17) is 21.1 Å². The first-order chi connectivity index (χ1) is 14.4. The van der Waals surface area contributed by atoms with Gasteiger partial charge in [0.25, 0.3) is 5.91 Å². The van der Waals surface area contributed by atoms with Gasteiger partial charge in [0.15, 0.2) is 0 Å². The average Bonchev–Trinajstić information content (AvgIpc) is 2.78. The highest BCUT2D eigenvalue weighted by Crippen LogP contribution is 2.25. The lowest BCUT2D eigenvalue weighted by atomic mass is 10.1. The van der Waals surface area contributed by atoms with E-state index in [9.17, 15) is 14.0 Å². The Hall–Kier alpha value is -2.80. The number of hydrogen-bond acceptors (Lipinski definition) is 4. The zero-order chi connectivity index (χ0) is 21.7. The fourth-order valence-electron chi connectivity index (χ4n) is 3.47. The molecule has 0 bridgehead atoms. The minimum Gasteiger partial charge on any atom is -0.497 e. The minimum absolute atomic E-state index is 0.000841. The molecule has 8 heteroatoms. The number of benzene rings is 2. The number of amides is 2. The summed E-state index contributed by atoms with van der Waals surface area (Å²) in [6.07, 6.45) is 0.840. The standard InChI is InChI=1S/C22H24ClFN2O4/c1-29-17-5-7-20(30-2)15(13-17)3-8-21(27)25-9-11-26(12-10-25)22(28)18-14-16(23)4-6-19(18)24/h4-7,13-14H,3,8-12H2,1-2H3. The van der Waals surface area contributed by atoms with Crippen LogP contribution in [0.5, 0.6) is 11.5 Å². The number of ether oxygens (including phenoxy) is 2. The Morgan fingerprint density at radius 2 is 1.70 bits per heavy atom. The molecular formula is C22H24ClFN2O4. The van der Waals surface area contributed by atoms with Crippen LogP contribution in [0.25, 0.3) is 0 Å². The van der Waals surface area contributed by atoms with Gasteiger partial charge in [-0.1, -0.05) is 11.6 Å². The van der Waals surface area contributed by atoms with Crippen LogP contribution in [0.4, 0.5) is 4.39 Å². The summed E-state index contributed by atoms with van der Waals surface area (Å²) in [5.41, 5.74) is 0.850. The summed E-state index contributed by atoms with van der Waals surface area (Å²) in [6, 6.07) is 9.41. The Labute approximate surface area is 180 Å². The lowest BCUT2D eigenvalue weighted by molar-refractivity contribution is -0.132. The van der Waals surface area contributed by atoms with Gasteiger partial charge in [0.1, 0.15) is 17.3 Å². The van der Waals surface area contributed by atoms with E-state index >= 15 is 0 Å². The summed E-state index contributed by atoms with van der Waals surface area (Å²) in [4.78, 5) is 28.5. The first-order valence-corrected chi connectivity index (χ1v) is 10.0. The molecule has 2 amide bonds. The van der Waals surface area contributed by atoms with Gasteiger partial charge >= 0.3 is 0 Å². The lowest BCUT2D eigenvalue weighted by Crippen LogP contribution is -2.50. The van der Waals surface area contributed by atoms with Crippen LogP contribution < -0.4 is 9.47 Å². The third-order valence-electron chi connectivity index (χ3n) is 5.17. The quantitative estimate of drug-likeness (QED) is 0.699. The Bertz CT molecular complexity index is 929. The SMILES string of the molecule is COc1ccc(OC)c(CCC(=O)N2CCN(C(=O)c3cc(Cl)ccc3F)CC2)c1. The molecule has 0 spiro atoms. The molecule has 30 heavy (non-hydrogen) atoms. The van der Waals surface area contributed by atoms with E-state index in [2.05, 4.69) is 0 Å². The molecule has 1 aliphatic rings. The van der Waals surface area contributed by atoms with Crippen molar-refractivity contribution in [3.63, 3.8) is 0 Å². The molecule has 3 rings (SSSR count). The van der Waals surface area contributed by atoms with Crippen LogP contribution in [-0.2, 0) is 11.2 Å². The van der Waals surface area contributed by atoms with Crippen molar-refractivity contribution < 1.29 is 23.5 Å². The zero-order valence-electron chi connectivity index (χ0n) is 17.0. The summed E-state index contributed by atoms with van der Waals surface area (Å²) in [7, 11) is 3.18. The van der Waals surface area contributed by atoms with Crippen LogP contribution in [0.1, 0.15) is 22.3 Å². The van der Waals surface area contributed by atoms with Crippen molar-refractivity contribution in [2.24, 2.45) is 0 Å². The van der Waals surface area contributed by atoms with Crippen molar-refractivity contribution >= 4 is 23.4 Å². The van der Waals surface area contributed by atoms with Gasteiger partial charge in [-0.05, 0) is 48.4 Å². The summed E-state index contributed by atoms with van der Waals surface area (Å²) < 4.78 is 24.6. The van der Waals surface area contributed by atoms with Crippen molar-refractivity contribution in [3.05, 3.63) is 58.4 Å². The first-order valence-electron chi connectivity index (χ1n) is 9.66. The van der Waals surface area contributed by atoms with Gasteiger partial charge in [0, 0.05) is 37.6 Å². The molecule has 0 N–H and O–H groups in total. The van der Waals surface area contributed by atoms with Crippen molar-refractivity contribution in [2.75, 3.05) is 40.4 Å². The zero-order valence-corrected chi connectivity index (χ0v) is 17.7. The molecule has 2 aromatic carbocycles. The maximum Gasteiger partial charge on any atom is 0.257 e. The van der Waals surface area contributed by atoms with E-state index in [0.29, 0.717) is 55.5 Å². The molecule has 0 unspecified atom stereocenters. The van der Waals surface area contributed by atoms with E-state index in [1.165, 1.54) is 18.2 Å². The average molecular weight is 435 g/mol. The number of methoxy groups -OCH3 is 2. The topological polar surface area (TPSA) is 59.1 Å². The number of piperazine rings is 1. The summed E-state index contributed by atoms with van der Waals surface area (Å²) in [5, 5.41) is 0.307. The second-order valence-electron chi connectivity index (χ2n) is 6.97. The fraction of sp³-hybridized carbons (Fsp3) is 0.364. The Morgan fingerprint density at radius 1 is 1.00 bits per heavy atom. The van der Waals surface area contributed by atoms with Gasteiger partial charge in [-0.2, -0.15) is 0 Å². The third kappa shape index (κ3) is 5.02. The number of nitrogens with zero attached hydrogens (tertiary/aromatic N) is 2. The van der Waals surface area contributed by atoms with Gasteiger partial charge < -0.3 is 19.3 Å². The second-order valence-corrected chi connectivity index (χ2v) is 7.41. The molecule has 2 aromatic rings. The van der Waals surface area contributed by atoms with Crippen LogP contribution in [-0.4, -0.2) is 62.0 Å². The Balaban J connectivity index is 1.56. The van der Waals surface area contributed by atoms with Crippen molar-refractivity contribution in [1.29, 1.82) is 0 Å². The van der Waals surface area contributed by atoms with E-state index in [1.807, 2.05) is 18.2 Å². The molecule has 1 aliphatic heterocycles. The largest absolute Gasteiger partial charge is 0.497 e. The lowest BCUT2D eigenvalue weighted by Gasteiger charge is -2.35. The monoisotopic (exact) mass is 434 g/mol. The molecular weight excluding hydrogens is 411 g/mol. The molecule has 160 valence electrons. The van der Waals surface area contributed by atoms with Crippen LogP contribution >= 0.6 is 11.6 Å². The number of carbonyl (C=O) groups excluding carboxylic acids is 2. The molecule has 1 saturated heterocycles. The maximum absolute atomic E-state index is 14.0. The summed E-state index contributed by atoms with van der Waals surface area (Å²) in [5.74, 6) is 0.403. The molecule has 0 aromatic heterocycles. The Kier molecular flexibility index (Phi) is 7.15. The van der Waals surface area contributed by atoms with Crippen molar-refractivity contribution in [3.8, 4) is 11.5 Å². The highest BCUT2D eigenvalue weighted by molar-refractivity contribution is 6.31. The summed E-state index contributed by atoms with van der Waals surface area (Å²) >= 11 is 5.88. The second kappa shape index (κ2) is 9.80. The molecule has 0 saturated carbocycles. The van der Waals surface area contributed by atoms with Crippen LogP contribution in [0, 0.1) is 5.82 Å². The Morgan fingerprint density at radius 3 is 2.37 bits per heavy atom. The van der Waals surface area contributed by atoms with Gasteiger partial charge in [0.2, 0.25) is 5.91 Å². The minimum atomic E-state index is -0.602. The van der Waals surface area contributed by atoms with Crippen LogP contribution in [0.15, 0.2) is 36.4 Å². The molecule has 6 nitrogen and oxygen atoms in total. The molecule has 0 aliphatic carbocycles. The molecule has 0 radical (unpaired) electrons. The number of halogens is 2. The highest BCUT2D eigenvalue weighted by atomic mass is 35.5. The van der Waals surface area contributed by atoms with E-state index in [0.717, 1.165) is 5.56 Å². The predicted molar refractivity (Wildman–Crippen MR) is 112 cm³/mol. The fourth-order valence-corrected chi connectivity index (χ4v) is 3.64. The van der Waals surface area contributed by atoms with Crippen molar-refractivity contribution in [2.45, 2.75) is 12.8 Å². The number of aryl methyl sites for hydroxylation is 1. The van der Waals surface area contributed by atoms with E-state index in [-0.39, 0.29) is 11.5 Å². The van der Waals surface area contributed by atoms with Crippen LogP contribution in [0.2, 0.25) is 5.02 Å². The molecule has 0 atom stereocenters. The third-order valence-corrected chi connectivity index (χ3v) is 5.41. The number of hydrogen-bond donors (Lipinski definition) is 0. The van der Waals surface area contributed by atoms with Gasteiger partial charge in [-0.25, -0.2) is 4.39 Å². The van der Waals surface area contributed by atoms with Gasteiger partial charge in [-0.3, -0.25) is 9.59 Å². The van der Waals surface area contributed by atoms with E-state index < -0.39 is 11.7 Å². The van der Waals surface area contributed by atoms with Crippen molar-refractivity contribution in [1.82, 2.24) is 9.80 Å². The highest BCUT2D eigenvalue weighted by Gasteiger charge is 2.26. The van der Waals surface area contributed by atoms with Gasteiger partial charge in [-0.15, -0.1) is 0 Å². The number of rotatable bonds is 6. The molecule has 1 fully saturated rings. The number of carbonyl (C=O) groups is 2. The normalized spacial score (nSPS) is 13.9. The van der Waals surface area contributed by atoms with E-state index in [1.54, 1.807) is 24.0 Å². The maximum atomic E-state index is 14.0. The smallest absolute Gasteiger partial charge is 0.257 e. The van der Waals surface area contributed by atoms with Gasteiger partial charge in [0.05, 0.1) is 19.8 Å².